The van der Waals surface area contributed by atoms with Crippen molar-refractivity contribution >= 4 is 11.9 Å². The number of methoxy groups -OCH3 is 1. The van der Waals surface area contributed by atoms with Crippen LogP contribution in [0.15, 0.2) is 12.1 Å². The molecule has 8 rings (SSSR count). The number of hydrogen-bond acceptors (Lipinski definition) is 7. The van der Waals surface area contributed by atoms with Crippen molar-refractivity contribution in [2.24, 2.45) is 23.0 Å². The molecular weight excluding hydrogens is 474 g/mol. The van der Waals surface area contributed by atoms with Gasteiger partial charge in [-0.2, -0.15) is 0 Å². The van der Waals surface area contributed by atoms with Crippen LogP contribution in [0.2, 0.25) is 0 Å². The van der Waals surface area contributed by atoms with E-state index >= 15 is 0 Å². The van der Waals surface area contributed by atoms with E-state index in [0.717, 1.165) is 51.1 Å². The maximum Gasteiger partial charge on any atom is 0.305 e. The van der Waals surface area contributed by atoms with E-state index in [2.05, 4.69) is 16.3 Å². The minimum Gasteiger partial charge on any atom is -0.504 e. The highest BCUT2D eigenvalue weighted by Crippen LogP contribution is 2.76. The third-order valence-corrected chi connectivity index (χ3v) is 11.1. The number of fused-ring (bicyclic) bond motifs is 2. The Kier molecular flexibility index (Phi) is 5.02. The van der Waals surface area contributed by atoms with Crippen LogP contribution < -0.4 is 15.8 Å². The fourth-order valence-corrected chi connectivity index (χ4v) is 9.42. The molecule has 5 fully saturated rings. The fraction of sp³-hybridized carbons (Fsp3) is 0.714. The van der Waals surface area contributed by atoms with Gasteiger partial charge in [0.05, 0.1) is 12.5 Å². The molecule has 4 saturated carbocycles. The Bertz CT molecular complexity index is 1170. The summed E-state index contributed by atoms with van der Waals surface area (Å²) in [6.07, 6.45) is 6.69. The predicted molar refractivity (Wildman–Crippen MR) is 133 cm³/mol. The quantitative estimate of drug-likeness (QED) is 0.413. The number of amides is 1. The molecule has 0 radical (unpaired) electrons. The highest BCUT2D eigenvalue weighted by molar-refractivity contribution is 5.85. The second-order valence-corrected chi connectivity index (χ2v) is 12.5. The summed E-state index contributed by atoms with van der Waals surface area (Å²) < 4.78 is 13.2. The number of nitrogens with zero attached hydrogens (tertiary/aromatic N) is 1. The summed E-state index contributed by atoms with van der Waals surface area (Å²) in [6, 6.07) is 3.18. The molecule has 4 bridgehead atoms. The number of carboxylic acids is 1. The zero-order valence-electron chi connectivity index (χ0n) is 21.4. The van der Waals surface area contributed by atoms with Crippen LogP contribution in [0.25, 0.3) is 0 Å². The third-order valence-electron chi connectivity index (χ3n) is 11.1. The fourth-order valence-electron chi connectivity index (χ4n) is 9.42. The van der Waals surface area contributed by atoms with Gasteiger partial charge >= 0.3 is 5.97 Å². The molecule has 1 saturated heterocycles. The number of aromatic hydroxyl groups is 1. The van der Waals surface area contributed by atoms with E-state index in [1.54, 1.807) is 13.2 Å². The molecule has 1 amide bonds. The maximum absolute atomic E-state index is 12.7. The summed E-state index contributed by atoms with van der Waals surface area (Å²) in [4.78, 5) is 26.5. The van der Waals surface area contributed by atoms with Crippen LogP contribution in [0.5, 0.6) is 11.5 Å². The Labute approximate surface area is 216 Å². The summed E-state index contributed by atoms with van der Waals surface area (Å²) in [6.45, 7) is 2.54. The molecule has 9 nitrogen and oxygen atoms in total. The topological polar surface area (TPSA) is 134 Å². The van der Waals surface area contributed by atoms with Crippen molar-refractivity contribution in [2.45, 2.75) is 80.6 Å². The van der Waals surface area contributed by atoms with E-state index in [-0.39, 0.29) is 28.6 Å². The number of carbonyl (C=O) groups excluding carboxylic acids is 1. The number of phenols is 1. The van der Waals surface area contributed by atoms with E-state index in [1.807, 2.05) is 0 Å². The summed E-state index contributed by atoms with van der Waals surface area (Å²) >= 11 is 0. The lowest BCUT2D eigenvalue weighted by Gasteiger charge is -2.74. The second-order valence-electron chi connectivity index (χ2n) is 12.5. The number of hydrogen-bond donors (Lipinski definition) is 4. The molecule has 1 aromatic carbocycles. The van der Waals surface area contributed by atoms with Gasteiger partial charge < -0.3 is 30.7 Å². The largest absolute Gasteiger partial charge is 0.504 e. The van der Waals surface area contributed by atoms with Crippen LogP contribution in [-0.4, -0.2) is 77.5 Å². The summed E-state index contributed by atoms with van der Waals surface area (Å²) in [5, 5.41) is 22.9. The average Bonchev–Trinajstić information content (AvgIpc) is 3.62. The Morgan fingerprint density at radius 2 is 2.11 bits per heavy atom. The second kappa shape index (κ2) is 7.83. The molecular formula is C28H37N3O6. The van der Waals surface area contributed by atoms with Gasteiger partial charge in [0.25, 0.3) is 0 Å². The molecule has 7 atom stereocenters. The van der Waals surface area contributed by atoms with Crippen LogP contribution >= 0.6 is 0 Å². The smallest absolute Gasteiger partial charge is 0.305 e. The van der Waals surface area contributed by atoms with Crippen LogP contribution in [0.1, 0.15) is 56.1 Å². The van der Waals surface area contributed by atoms with Gasteiger partial charge in [0.15, 0.2) is 11.5 Å². The Morgan fingerprint density at radius 3 is 2.84 bits per heavy atom. The number of rotatable bonds is 8. The number of aliphatic carboxylic acids is 1. The Morgan fingerprint density at radius 1 is 1.30 bits per heavy atom. The first kappa shape index (κ1) is 23.7. The van der Waals surface area contributed by atoms with Gasteiger partial charge in [-0.1, -0.05) is 6.07 Å². The van der Waals surface area contributed by atoms with Gasteiger partial charge in [0, 0.05) is 48.6 Å². The average molecular weight is 512 g/mol. The molecule has 9 heteroatoms. The first-order valence-corrected chi connectivity index (χ1v) is 13.8. The number of phenolic OH excluding ortho intramolecular Hbond substituents is 1. The number of piperidine rings is 1. The van der Waals surface area contributed by atoms with Gasteiger partial charge in [0.1, 0.15) is 11.7 Å². The number of ether oxygens (including phenoxy) is 2. The number of nitrogens with two attached hydrogens (primary N) is 1. The lowest BCUT2D eigenvalue weighted by molar-refractivity contribution is -0.276. The zero-order chi connectivity index (χ0) is 25.7. The molecule has 2 spiro atoms. The molecule has 5 N–H and O–H groups in total. The summed E-state index contributed by atoms with van der Waals surface area (Å²) in [7, 11) is 1.75. The molecule has 200 valence electrons. The molecule has 0 aromatic heterocycles. The highest BCUT2D eigenvalue weighted by atomic mass is 16.6. The summed E-state index contributed by atoms with van der Waals surface area (Å²) in [5.41, 5.74) is 7.51. The molecule has 5 aliphatic carbocycles. The van der Waals surface area contributed by atoms with Crippen molar-refractivity contribution in [1.29, 1.82) is 0 Å². The zero-order valence-corrected chi connectivity index (χ0v) is 21.4. The SMILES string of the molecule is CO[C@]12CC[C@@]3(C[C@@H]1CNC(=O)C(N)CC(=O)O)[C@H]1Cc4ccc(O)c5c4[C@@]3(CCN1CC1CC1)[C@H]2O5. The lowest BCUT2D eigenvalue weighted by Crippen LogP contribution is -2.81. The third kappa shape index (κ3) is 2.96. The van der Waals surface area contributed by atoms with Gasteiger partial charge in [0.2, 0.25) is 5.91 Å². The molecule has 37 heavy (non-hydrogen) atoms. The van der Waals surface area contributed by atoms with E-state index in [0.29, 0.717) is 18.3 Å². The van der Waals surface area contributed by atoms with Crippen molar-refractivity contribution in [3.8, 4) is 11.5 Å². The molecule has 1 unspecified atom stereocenters. The summed E-state index contributed by atoms with van der Waals surface area (Å²) in [5.74, 6) is 0.0916. The van der Waals surface area contributed by atoms with Crippen LogP contribution in [-0.2, 0) is 26.2 Å². The van der Waals surface area contributed by atoms with Gasteiger partial charge in [-0.15, -0.1) is 0 Å². The minimum absolute atomic E-state index is 0.00765. The van der Waals surface area contributed by atoms with Crippen LogP contribution in [0, 0.1) is 17.3 Å². The van der Waals surface area contributed by atoms with E-state index in [4.69, 9.17) is 20.3 Å². The minimum atomic E-state index is -1.09. The standard InChI is InChI=1S/C28H37N3O6/c1-36-28-7-6-26(12-17(28)13-30-24(35)18(29)11-21(33)34)20-10-16-4-5-19(32)23-22(16)27(26,25(28)37-23)8-9-31(20)14-15-2-3-15/h4-5,15,17-18,20,25,32H,2-3,6-14,29H2,1H3,(H,30,35)(H,33,34)/t17-,18?,20-,25-,26-,27+,28-/m1/s1. The Balaban J connectivity index is 1.29. The lowest BCUT2D eigenvalue weighted by atomic mass is 9.35. The number of nitrogens with one attached hydrogen (secondary N) is 1. The number of carboxylic acid groups (broad SMARTS) is 1. The van der Waals surface area contributed by atoms with Crippen molar-refractivity contribution in [3.05, 3.63) is 23.3 Å². The number of benzene rings is 1. The van der Waals surface area contributed by atoms with E-state index in [1.165, 1.54) is 24.0 Å². The van der Waals surface area contributed by atoms with Crippen molar-refractivity contribution in [3.63, 3.8) is 0 Å². The van der Waals surface area contributed by atoms with Crippen LogP contribution in [0.4, 0.5) is 0 Å². The number of likely N-dealkylation sites (tertiary alicyclic amines) is 1. The first-order chi connectivity index (χ1) is 17.8. The van der Waals surface area contributed by atoms with Gasteiger partial charge in [-0.05, 0) is 69.0 Å². The highest BCUT2D eigenvalue weighted by Gasteiger charge is 2.80. The van der Waals surface area contributed by atoms with E-state index < -0.39 is 29.9 Å². The molecule has 2 aliphatic heterocycles. The predicted octanol–water partition coefficient (Wildman–Crippen LogP) is 1.53. The van der Waals surface area contributed by atoms with Gasteiger partial charge in [-0.3, -0.25) is 14.5 Å². The normalized spacial score (nSPS) is 39.6. The first-order valence-electron chi connectivity index (χ1n) is 13.8. The van der Waals surface area contributed by atoms with Crippen molar-refractivity contribution in [1.82, 2.24) is 10.2 Å². The van der Waals surface area contributed by atoms with Crippen molar-refractivity contribution < 1.29 is 29.3 Å². The van der Waals surface area contributed by atoms with Gasteiger partial charge in [-0.25, -0.2) is 0 Å². The molecule has 7 aliphatic rings. The van der Waals surface area contributed by atoms with Crippen LogP contribution in [0.3, 0.4) is 0 Å². The number of carbonyl (C=O) groups is 2. The monoisotopic (exact) mass is 511 g/mol. The molecule has 2 heterocycles. The van der Waals surface area contributed by atoms with Crippen molar-refractivity contribution in [2.75, 3.05) is 26.7 Å². The molecule has 1 aromatic rings. The Hall–Kier alpha value is -2.36. The van der Waals surface area contributed by atoms with E-state index in [9.17, 15) is 14.7 Å². The maximum atomic E-state index is 12.7.